The van der Waals surface area contributed by atoms with E-state index < -0.39 is 40.2 Å². The van der Waals surface area contributed by atoms with E-state index in [1.54, 1.807) is 12.1 Å². The van der Waals surface area contributed by atoms with Crippen molar-refractivity contribution in [2.75, 3.05) is 6.26 Å². The number of halogens is 1. The fourth-order valence-corrected chi connectivity index (χ4v) is 3.67. The number of rotatable bonds is 3. The summed E-state index contributed by atoms with van der Waals surface area (Å²) >= 11 is 0. The van der Waals surface area contributed by atoms with Gasteiger partial charge in [-0.05, 0) is 18.6 Å². The third kappa shape index (κ3) is 2.52. The predicted octanol–water partition coefficient (Wildman–Crippen LogP) is 1.13. The van der Waals surface area contributed by atoms with Gasteiger partial charge >= 0.3 is 0 Å². The molecule has 0 radical (unpaired) electrons. The van der Waals surface area contributed by atoms with E-state index in [1.807, 2.05) is 0 Å². The molecule has 1 saturated carbocycles. The van der Waals surface area contributed by atoms with Crippen molar-refractivity contribution in [3.8, 4) is 0 Å². The van der Waals surface area contributed by atoms with Gasteiger partial charge in [0.1, 0.15) is 6.17 Å². The first-order valence-corrected chi connectivity index (χ1v) is 8.59. The van der Waals surface area contributed by atoms with Gasteiger partial charge in [0.25, 0.3) is 21.9 Å². The molecule has 22 heavy (non-hydrogen) atoms. The summed E-state index contributed by atoms with van der Waals surface area (Å²) in [6.07, 6.45) is -1.67. The first-order chi connectivity index (χ1) is 10.3. The van der Waals surface area contributed by atoms with Crippen LogP contribution < -0.4 is 0 Å². The number of alkyl halides is 1. The van der Waals surface area contributed by atoms with Crippen molar-refractivity contribution in [3.05, 3.63) is 35.4 Å². The van der Waals surface area contributed by atoms with E-state index in [1.165, 1.54) is 12.1 Å². The Morgan fingerprint density at radius 3 is 2.18 bits per heavy atom. The fraction of sp³-hybridized carbons (Fsp3) is 0.429. The molecule has 118 valence electrons. The Hall–Kier alpha value is -1.80. The van der Waals surface area contributed by atoms with Gasteiger partial charge in [-0.2, -0.15) is 8.42 Å². The molecule has 1 heterocycles. The van der Waals surface area contributed by atoms with Gasteiger partial charge in [0.15, 0.2) is 0 Å². The smallest absolute Gasteiger partial charge is 0.264 e. The summed E-state index contributed by atoms with van der Waals surface area (Å²) in [7, 11) is -3.71. The summed E-state index contributed by atoms with van der Waals surface area (Å²) in [4.78, 5) is 25.5. The van der Waals surface area contributed by atoms with Crippen LogP contribution in [-0.2, 0) is 14.3 Å². The number of carbonyl (C=O) groups is 2. The molecule has 0 bridgehead atoms. The van der Waals surface area contributed by atoms with Crippen LogP contribution in [0.15, 0.2) is 24.3 Å². The summed E-state index contributed by atoms with van der Waals surface area (Å²) < 4.78 is 41.3. The van der Waals surface area contributed by atoms with E-state index in [9.17, 15) is 22.4 Å². The van der Waals surface area contributed by atoms with E-state index in [2.05, 4.69) is 0 Å². The maximum Gasteiger partial charge on any atom is 0.264 e. The molecule has 2 amide bonds. The molecule has 3 atom stereocenters. The first kappa shape index (κ1) is 15.1. The van der Waals surface area contributed by atoms with Crippen molar-refractivity contribution >= 4 is 21.9 Å². The van der Waals surface area contributed by atoms with Crippen molar-refractivity contribution in [2.24, 2.45) is 0 Å². The average Bonchev–Trinajstić information content (AvgIpc) is 2.88. The molecule has 1 aromatic carbocycles. The van der Waals surface area contributed by atoms with E-state index in [4.69, 9.17) is 4.18 Å². The SMILES string of the molecule is CS(=O)(=O)O[C@@H]1CC(F)[C@@H](N2C(=O)c3ccccc3C2=O)C1. The molecular weight excluding hydrogens is 313 g/mol. The number of hydrogen-bond acceptors (Lipinski definition) is 5. The van der Waals surface area contributed by atoms with Crippen molar-refractivity contribution in [3.63, 3.8) is 0 Å². The molecule has 1 aromatic rings. The van der Waals surface area contributed by atoms with Crippen LogP contribution in [0.4, 0.5) is 4.39 Å². The highest BCUT2D eigenvalue weighted by Gasteiger charge is 2.48. The second kappa shape index (κ2) is 5.13. The largest absolute Gasteiger partial charge is 0.269 e. The predicted molar refractivity (Wildman–Crippen MR) is 74.6 cm³/mol. The molecule has 1 aliphatic carbocycles. The Morgan fingerprint density at radius 2 is 1.68 bits per heavy atom. The summed E-state index contributed by atoms with van der Waals surface area (Å²) in [6, 6.07) is 5.29. The normalized spacial score (nSPS) is 28.3. The zero-order valence-corrected chi connectivity index (χ0v) is 12.5. The van der Waals surface area contributed by atoms with Gasteiger partial charge in [0.2, 0.25) is 0 Å². The molecule has 1 unspecified atom stereocenters. The van der Waals surface area contributed by atoms with Crippen molar-refractivity contribution in [2.45, 2.75) is 31.2 Å². The number of nitrogens with zero attached hydrogens (tertiary/aromatic N) is 1. The van der Waals surface area contributed by atoms with Gasteiger partial charge in [0, 0.05) is 6.42 Å². The second-order valence-corrected chi connectivity index (χ2v) is 7.10. The third-order valence-electron chi connectivity index (χ3n) is 3.88. The summed E-state index contributed by atoms with van der Waals surface area (Å²) in [5.74, 6) is -1.10. The van der Waals surface area contributed by atoms with Crippen LogP contribution >= 0.6 is 0 Å². The molecule has 0 N–H and O–H groups in total. The quantitative estimate of drug-likeness (QED) is 0.614. The lowest BCUT2D eigenvalue weighted by molar-refractivity contribution is 0.0519. The second-order valence-electron chi connectivity index (χ2n) is 5.50. The summed E-state index contributed by atoms with van der Waals surface area (Å²) in [5.41, 5.74) is 0.486. The van der Waals surface area contributed by atoms with Crippen LogP contribution in [0.3, 0.4) is 0 Å². The minimum atomic E-state index is -3.71. The van der Waals surface area contributed by atoms with E-state index >= 15 is 0 Å². The number of benzene rings is 1. The minimum absolute atomic E-state index is 0.0281. The molecular formula is C14H14FNO5S. The number of amides is 2. The summed E-state index contributed by atoms with van der Waals surface area (Å²) in [6.45, 7) is 0. The van der Waals surface area contributed by atoms with Crippen molar-refractivity contribution in [1.29, 1.82) is 0 Å². The standard InChI is InChI=1S/C14H14FNO5S/c1-22(19,20)21-8-6-11(15)12(7-8)16-13(17)9-4-2-3-5-10(9)14(16)18/h2-5,8,11-12H,6-7H2,1H3/t8-,11?,12+/m1/s1. The molecule has 0 aromatic heterocycles. The van der Waals surface area contributed by atoms with Crippen molar-refractivity contribution in [1.82, 2.24) is 4.90 Å². The zero-order chi connectivity index (χ0) is 16.1. The highest BCUT2D eigenvalue weighted by Crippen LogP contribution is 2.35. The van der Waals surface area contributed by atoms with Gasteiger partial charge in [0.05, 0.1) is 29.5 Å². The Morgan fingerprint density at radius 1 is 1.14 bits per heavy atom. The maximum absolute atomic E-state index is 14.2. The van der Waals surface area contributed by atoms with Crippen LogP contribution in [0.25, 0.3) is 0 Å². The van der Waals surface area contributed by atoms with Gasteiger partial charge in [-0.1, -0.05) is 12.1 Å². The third-order valence-corrected chi connectivity index (χ3v) is 4.50. The van der Waals surface area contributed by atoms with Gasteiger partial charge in [-0.15, -0.1) is 0 Å². The Balaban J connectivity index is 1.84. The van der Waals surface area contributed by atoms with Crippen LogP contribution in [0.5, 0.6) is 0 Å². The highest BCUT2D eigenvalue weighted by molar-refractivity contribution is 7.86. The Bertz CT molecular complexity index is 712. The molecule has 3 rings (SSSR count). The minimum Gasteiger partial charge on any atom is -0.269 e. The number of carbonyl (C=O) groups excluding carboxylic acids is 2. The fourth-order valence-electron chi connectivity index (χ4n) is 3.02. The van der Waals surface area contributed by atoms with Crippen LogP contribution in [0.2, 0.25) is 0 Å². The molecule has 2 aliphatic rings. The molecule has 1 fully saturated rings. The topological polar surface area (TPSA) is 80.8 Å². The van der Waals surface area contributed by atoms with Gasteiger partial charge in [-0.25, -0.2) is 4.39 Å². The molecule has 1 aliphatic heterocycles. The molecule has 8 heteroatoms. The zero-order valence-electron chi connectivity index (χ0n) is 11.7. The lowest BCUT2D eigenvalue weighted by atomic mass is 10.1. The number of fused-ring (bicyclic) bond motifs is 1. The van der Waals surface area contributed by atoms with E-state index in [0.29, 0.717) is 0 Å². The molecule has 6 nitrogen and oxygen atoms in total. The Kier molecular flexibility index (Phi) is 3.53. The van der Waals surface area contributed by atoms with Crippen molar-refractivity contribution < 1.29 is 26.6 Å². The lowest BCUT2D eigenvalue weighted by Crippen LogP contribution is -2.43. The Labute approximate surface area is 127 Å². The first-order valence-electron chi connectivity index (χ1n) is 6.77. The van der Waals surface area contributed by atoms with E-state index in [0.717, 1.165) is 11.2 Å². The maximum atomic E-state index is 14.2. The van der Waals surface area contributed by atoms with Gasteiger partial charge < -0.3 is 0 Å². The van der Waals surface area contributed by atoms with E-state index in [-0.39, 0.29) is 24.0 Å². The number of imide groups is 1. The van der Waals surface area contributed by atoms with Crippen LogP contribution in [0, 0.1) is 0 Å². The van der Waals surface area contributed by atoms with Gasteiger partial charge in [-0.3, -0.25) is 18.7 Å². The lowest BCUT2D eigenvalue weighted by Gasteiger charge is -2.23. The average molecular weight is 327 g/mol. The monoisotopic (exact) mass is 327 g/mol. The van der Waals surface area contributed by atoms with Crippen LogP contribution in [-0.4, -0.2) is 49.7 Å². The summed E-state index contributed by atoms with van der Waals surface area (Å²) in [5, 5.41) is 0. The van der Waals surface area contributed by atoms with Crippen LogP contribution in [0.1, 0.15) is 33.6 Å². The molecule has 0 saturated heterocycles. The number of hydrogen-bond donors (Lipinski definition) is 0. The molecule has 0 spiro atoms. The highest BCUT2D eigenvalue weighted by atomic mass is 32.2.